The molecule has 0 saturated carbocycles. The van der Waals surface area contributed by atoms with E-state index in [4.69, 9.17) is 20.8 Å². The molecule has 0 spiro atoms. The van der Waals surface area contributed by atoms with Crippen molar-refractivity contribution < 1.29 is 13.9 Å². The van der Waals surface area contributed by atoms with Gasteiger partial charge in [0.05, 0.1) is 0 Å². The van der Waals surface area contributed by atoms with Crippen molar-refractivity contribution in [2.45, 2.75) is 19.8 Å². The molecule has 3 rings (SSSR count). The Morgan fingerprint density at radius 2 is 1.88 bits per heavy atom. The number of ether oxygens (including phenoxy) is 1. The molecule has 134 valence electrons. The number of amides is 1. The van der Waals surface area contributed by atoms with Crippen LogP contribution < -0.4 is 9.64 Å². The predicted octanol–water partition coefficient (Wildman–Crippen LogP) is 2.57. The Hall–Kier alpha value is -2.28. The molecule has 0 atom stereocenters. The molecule has 0 N–H and O–H groups in total. The summed E-state index contributed by atoms with van der Waals surface area (Å²) in [4.78, 5) is 16.1. The third-order valence-electron chi connectivity index (χ3n) is 4.00. The number of halogens is 1. The van der Waals surface area contributed by atoms with Gasteiger partial charge in [0.15, 0.2) is 6.61 Å². The van der Waals surface area contributed by atoms with Crippen molar-refractivity contribution in [1.29, 1.82) is 0 Å². The van der Waals surface area contributed by atoms with Crippen LogP contribution in [0.3, 0.4) is 0 Å². The Kier molecular flexibility index (Phi) is 5.43. The summed E-state index contributed by atoms with van der Waals surface area (Å²) in [6.07, 6.45) is 0. The average molecular weight is 365 g/mol. The van der Waals surface area contributed by atoms with Gasteiger partial charge < -0.3 is 19.0 Å². The third kappa shape index (κ3) is 4.42. The van der Waals surface area contributed by atoms with Gasteiger partial charge in [-0.1, -0.05) is 30.5 Å². The highest BCUT2D eigenvalue weighted by atomic mass is 35.5. The predicted molar refractivity (Wildman–Crippen MR) is 94.1 cm³/mol. The van der Waals surface area contributed by atoms with E-state index in [-0.39, 0.29) is 18.4 Å². The third-order valence-corrected chi connectivity index (χ3v) is 4.25. The fraction of sp³-hybridized carbons (Fsp3) is 0.471. The minimum absolute atomic E-state index is 0.0136. The number of nitrogens with zero attached hydrogens (tertiary/aromatic N) is 4. The second kappa shape index (κ2) is 7.74. The number of piperazine rings is 1. The van der Waals surface area contributed by atoms with E-state index in [9.17, 15) is 4.79 Å². The standard InChI is InChI=1S/C17H21ClN4O3/c1-12(2)16-19-20-17(25-16)22-9-7-21(8-10-22)15(23)11-24-14-5-3-13(18)4-6-14/h3-6,12H,7-11H2,1-2H3. The molecule has 1 aromatic carbocycles. The van der Waals surface area contributed by atoms with Crippen molar-refractivity contribution >= 4 is 23.5 Å². The van der Waals surface area contributed by atoms with Crippen molar-refractivity contribution in [3.63, 3.8) is 0 Å². The molecule has 2 heterocycles. The number of hydrogen-bond acceptors (Lipinski definition) is 6. The molecule has 2 aromatic rings. The van der Waals surface area contributed by atoms with E-state index in [1.807, 2.05) is 18.7 Å². The van der Waals surface area contributed by atoms with E-state index in [2.05, 4.69) is 10.2 Å². The van der Waals surface area contributed by atoms with Crippen LogP contribution in [0.4, 0.5) is 6.01 Å². The Bertz CT molecular complexity index is 709. The van der Waals surface area contributed by atoms with Gasteiger partial charge in [-0.15, -0.1) is 5.10 Å². The first-order chi connectivity index (χ1) is 12.0. The lowest BCUT2D eigenvalue weighted by Gasteiger charge is -2.33. The van der Waals surface area contributed by atoms with E-state index in [1.54, 1.807) is 29.2 Å². The molecule has 1 amide bonds. The number of carbonyl (C=O) groups excluding carboxylic acids is 1. The van der Waals surface area contributed by atoms with E-state index >= 15 is 0 Å². The fourth-order valence-electron chi connectivity index (χ4n) is 2.50. The van der Waals surface area contributed by atoms with Crippen LogP contribution in [0.5, 0.6) is 5.75 Å². The maximum Gasteiger partial charge on any atom is 0.318 e. The highest BCUT2D eigenvalue weighted by Crippen LogP contribution is 2.20. The number of carbonyl (C=O) groups is 1. The van der Waals surface area contributed by atoms with Gasteiger partial charge in [-0.25, -0.2) is 0 Å². The number of aromatic nitrogens is 2. The summed E-state index contributed by atoms with van der Waals surface area (Å²) in [6.45, 7) is 6.55. The monoisotopic (exact) mass is 364 g/mol. The van der Waals surface area contributed by atoms with E-state index in [0.29, 0.717) is 48.9 Å². The smallest absolute Gasteiger partial charge is 0.318 e. The van der Waals surface area contributed by atoms with Crippen LogP contribution in [-0.4, -0.2) is 53.8 Å². The molecule has 0 radical (unpaired) electrons. The summed E-state index contributed by atoms with van der Waals surface area (Å²) in [5.41, 5.74) is 0. The highest BCUT2D eigenvalue weighted by molar-refractivity contribution is 6.30. The summed E-state index contributed by atoms with van der Waals surface area (Å²) in [5.74, 6) is 1.42. The Labute approximate surface area is 151 Å². The molecule has 0 bridgehead atoms. The van der Waals surface area contributed by atoms with Crippen molar-refractivity contribution in [3.8, 4) is 5.75 Å². The Morgan fingerprint density at radius 3 is 2.48 bits per heavy atom. The SMILES string of the molecule is CC(C)c1nnc(N2CCN(C(=O)COc3ccc(Cl)cc3)CC2)o1. The minimum atomic E-state index is -0.0389. The molecule has 1 aromatic heterocycles. The van der Waals surface area contributed by atoms with Gasteiger partial charge in [-0.3, -0.25) is 4.79 Å². The van der Waals surface area contributed by atoms with Crippen LogP contribution in [0.25, 0.3) is 0 Å². The van der Waals surface area contributed by atoms with Crippen LogP contribution in [-0.2, 0) is 4.79 Å². The van der Waals surface area contributed by atoms with E-state index < -0.39 is 0 Å². The fourth-order valence-corrected chi connectivity index (χ4v) is 2.63. The number of anilines is 1. The first kappa shape index (κ1) is 17.5. The summed E-state index contributed by atoms with van der Waals surface area (Å²) < 4.78 is 11.2. The number of benzene rings is 1. The Morgan fingerprint density at radius 1 is 1.20 bits per heavy atom. The molecule has 1 aliphatic rings. The van der Waals surface area contributed by atoms with Crippen molar-refractivity contribution in [2.75, 3.05) is 37.7 Å². The second-order valence-electron chi connectivity index (χ2n) is 6.19. The Balaban J connectivity index is 1.47. The molecule has 7 nitrogen and oxygen atoms in total. The zero-order valence-electron chi connectivity index (χ0n) is 14.3. The van der Waals surface area contributed by atoms with Gasteiger partial charge in [-0.2, -0.15) is 0 Å². The lowest BCUT2D eigenvalue weighted by Crippen LogP contribution is -2.50. The maximum absolute atomic E-state index is 12.3. The molecular formula is C17H21ClN4O3. The topological polar surface area (TPSA) is 71.7 Å². The van der Waals surface area contributed by atoms with Crippen molar-refractivity contribution in [2.24, 2.45) is 0 Å². The van der Waals surface area contributed by atoms with Gasteiger partial charge >= 0.3 is 6.01 Å². The normalized spacial score (nSPS) is 14.9. The summed E-state index contributed by atoms with van der Waals surface area (Å²) >= 11 is 5.83. The lowest BCUT2D eigenvalue weighted by atomic mass is 10.2. The molecule has 1 saturated heterocycles. The zero-order chi connectivity index (χ0) is 17.8. The average Bonchev–Trinajstić information content (AvgIpc) is 3.11. The summed E-state index contributed by atoms with van der Waals surface area (Å²) in [7, 11) is 0. The van der Waals surface area contributed by atoms with Gasteiger partial charge in [0.2, 0.25) is 5.89 Å². The first-order valence-corrected chi connectivity index (χ1v) is 8.65. The van der Waals surface area contributed by atoms with Crippen LogP contribution in [0.2, 0.25) is 5.02 Å². The van der Waals surface area contributed by atoms with Gasteiger partial charge in [-0.05, 0) is 24.3 Å². The molecule has 1 fully saturated rings. The van der Waals surface area contributed by atoms with Crippen LogP contribution >= 0.6 is 11.6 Å². The molecule has 0 unspecified atom stereocenters. The van der Waals surface area contributed by atoms with Gasteiger partial charge in [0.25, 0.3) is 5.91 Å². The summed E-state index contributed by atoms with van der Waals surface area (Å²) in [5, 5.41) is 8.77. The summed E-state index contributed by atoms with van der Waals surface area (Å²) in [6, 6.07) is 7.48. The van der Waals surface area contributed by atoms with Crippen LogP contribution in [0.15, 0.2) is 28.7 Å². The number of hydrogen-bond donors (Lipinski definition) is 0. The largest absolute Gasteiger partial charge is 0.484 e. The zero-order valence-corrected chi connectivity index (χ0v) is 15.1. The maximum atomic E-state index is 12.3. The molecule has 25 heavy (non-hydrogen) atoms. The molecule has 0 aliphatic carbocycles. The lowest BCUT2D eigenvalue weighted by molar-refractivity contribution is -0.133. The molecular weight excluding hydrogens is 344 g/mol. The molecule has 8 heteroatoms. The van der Waals surface area contributed by atoms with Gasteiger partial charge in [0, 0.05) is 37.1 Å². The van der Waals surface area contributed by atoms with E-state index in [0.717, 1.165) is 0 Å². The van der Waals surface area contributed by atoms with Crippen LogP contribution in [0, 0.1) is 0 Å². The minimum Gasteiger partial charge on any atom is -0.484 e. The number of rotatable bonds is 5. The van der Waals surface area contributed by atoms with Gasteiger partial charge in [0.1, 0.15) is 5.75 Å². The first-order valence-electron chi connectivity index (χ1n) is 8.27. The highest BCUT2D eigenvalue weighted by Gasteiger charge is 2.24. The van der Waals surface area contributed by atoms with Crippen molar-refractivity contribution in [1.82, 2.24) is 15.1 Å². The van der Waals surface area contributed by atoms with Crippen LogP contribution in [0.1, 0.15) is 25.7 Å². The second-order valence-corrected chi connectivity index (χ2v) is 6.62. The molecule has 1 aliphatic heterocycles. The van der Waals surface area contributed by atoms with Crippen molar-refractivity contribution in [3.05, 3.63) is 35.2 Å². The quantitative estimate of drug-likeness (QED) is 0.812. The van der Waals surface area contributed by atoms with E-state index in [1.165, 1.54) is 0 Å².